The van der Waals surface area contributed by atoms with Crippen molar-refractivity contribution in [2.24, 2.45) is 5.41 Å². The molecule has 0 spiro atoms. The molecule has 1 aromatic heterocycles. The molecule has 1 heterocycles. The summed E-state index contributed by atoms with van der Waals surface area (Å²) in [6.07, 6.45) is 3.27. The molecular weight excluding hydrogens is 326 g/mol. The third-order valence-electron chi connectivity index (χ3n) is 5.11. The lowest BCUT2D eigenvalue weighted by Crippen LogP contribution is -2.40. The minimum atomic E-state index is -0.731. The molecule has 0 atom stereocenters. The Balaban J connectivity index is 2.23. The Labute approximate surface area is 156 Å². The van der Waals surface area contributed by atoms with Gasteiger partial charge >= 0.3 is 5.97 Å². The first-order chi connectivity index (χ1) is 12.2. The van der Waals surface area contributed by atoms with E-state index in [-0.39, 0.29) is 5.41 Å². The van der Waals surface area contributed by atoms with Crippen LogP contribution in [0.25, 0.3) is 5.69 Å². The lowest BCUT2D eigenvalue weighted by atomic mass is 9.82. The van der Waals surface area contributed by atoms with Gasteiger partial charge in [-0.1, -0.05) is 52.8 Å². The molecule has 0 aliphatic rings. The van der Waals surface area contributed by atoms with Crippen molar-refractivity contribution in [3.63, 3.8) is 0 Å². The van der Waals surface area contributed by atoms with E-state index in [4.69, 9.17) is 5.10 Å². The Morgan fingerprint density at radius 2 is 1.77 bits per heavy atom. The highest BCUT2D eigenvalue weighted by Gasteiger charge is 2.34. The number of nitrogens with zero attached hydrogens (tertiary/aromatic N) is 2. The SMILES string of the molecule is CCC(CC)(CNCc1cn(-c2ccccc2)nc1C(C)(C)C)C(=O)O. The van der Waals surface area contributed by atoms with Crippen molar-refractivity contribution in [1.29, 1.82) is 0 Å². The van der Waals surface area contributed by atoms with Crippen LogP contribution in [0.4, 0.5) is 0 Å². The average molecular weight is 357 g/mol. The van der Waals surface area contributed by atoms with Crippen LogP contribution in [0.5, 0.6) is 0 Å². The Hall–Kier alpha value is -2.14. The molecule has 2 aromatic rings. The molecule has 0 saturated heterocycles. The van der Waals surface area contributed by atoms with Gasteiger partial charge in [0, 0.05) is 30.3 Å². The number of aromatic nitrogens is 2. The van der Waals surface area contributed by atoms with Crippen molar-refractivity contribution in [3.8, 4) is 5.69 Å². The van der Waals surface area contributed by atoms with Crippen molar-refractivity contribution in [2.45, 2.75) is 59.4 Å². The van der Waals surface area contributed by atoms with Crippen molar-refractivity contribution in [1.82, 2.24) is 15.1 Å². The molecular formula is C21H31N3O2. The molecule has 0 amide bonds. The van der Waals surface area contributed by atoms with Gasteiger partial charge < -0.3 is 10.4 Å². The second-order valence-electron chi connectivity index (χ2n) is 7.93. The highest BCUT2D eigenvalue weighted by Crippen LogP contribution is 2.28. The van der Waals surface area contributed by atoms with Gasteiger partial charge in [-0.3, -0.25) is 4.79 Å². The summed E-state index contributed by atoms with van der Waals surface area (Å²) < 4.78 is 1.90. The van der Waals surface area contributed by atoms with Crippen molar-refractivity contribution in [2.75, 3.05) is 6.54 Å². The quantitative estimate of drug-likeness (QED) is 0.745. The van der Waals surface area contributed by atoms with Gasteiger partial charge in [0.25, 0.3) is 0 Å². The number of carboxylic acid groups (broad SMARTS) is 1. The number of benzene rings is 1. The predicted molar refractivity (Wildman–Crippen MR) is 105 cm³/mol. The van der Waals surface area contributed by atoms with Gasteiger partial charge in [0.2, 0.25) is 0 Å². The van der Waals surface area contributed by atoms with Gasteiger partial charge in [0.1, 0.15) is 0 Å². The number of aliphatic carboxylic acids is 1. The first kappa shape index (κ1) is 20.2. The minimum Gasteiger partial charge on any atom is -0.481 e. The van der Waals surface area contributed by atoms with E-state index in [0.717, 1.165) is 16.9 Å². The standard InChI is InChI=1S/C21H31N3O2/c1-6-21(7-2,19(25)26)15-22-13-16-14-24(17-11-9-8-10-12-17)23-18(16)20(3,4)5/h8-12,14,22H,6-7,13,15H2,1-5H3,(H,25,26). The van der Waals surface area contributed by atoms with Crippen LogP contribution in [-0.4, -0.2) is 27.4 Å². The third-order valence-corrected chi connectivity index (χ3v) is 5.11. The van der Waals surface area contributed by atoms with Crippen molar-refractivity contribution in [3.05, 3.63) is 47.8 Å². The van der Waals surface area contributed by atoms with Crippen LogP contribution in [0.1, 0.15) is 58.7 Å². The summed E-state index contributed by atoms with van der Waals surface area (Å²) >= 11 is 0. The number of hydrogen-bond donors (Lipinski definition) is 2. The Kier molecular flexibility index (Phi) is 6.24. The molecule has 2 rings (SSSR count). The highest BCUT2D eigenvalue weighted by molar-refractivity contribution is 5.74. The maximum atomic E-state index is 11.7. The second-order valence-corrected chi connectivity index (χ2v) is 7.93. The van der Waals surface area contributed by atoms with Crippen LogP contribution in [0, 0.1) is 5.41 Å². The van der Waals surface area contributed by atoms with Crippen LogP contribution in [0.2, 0.25) is 0 Å². The Morgan fingerprint density at radius 1 is 1.15 bits per heavy atom. The second kappa shape index (κ2) is 8.04. The summed E-state index contributed by atoms with van der Waals surface area (Å²) in [5.74, 6) is -0.731. The molecule has 0 radical (unpaired) electrons. The van der Waals surface area contributed by atoms with Crippen LogP contribution >= 0.6 is 0 Å². The summed E-state index contributed by atoms with van der Waals surface area (Å²) in [6.45, 7) is 11.4. The number of hydrogen-bond acceptors (Lipinski definition) is 3. The van der Waals surface area contributed by atoms with Gasteiger partial charge in [-0.15, -0.1) is 0 Å². The molecule has 0 bridgehead atoms. The van der Waals surface area contributed by atoms with Crippen molar-refractivity contribution < 1.29 is 9.90 Å². The largest absolute Gasteiger partial charge is 0.481 e. The minimum absolute atomic E-state index is 0.0869. The molecule has 0 saturated carbocycles. The van der Waals surface area contributed by atoms with Crippen LogP contribution in [0.15, 0.2) is 36.5 Å². The molecule has 2 N–H and O–H groups in total. The Bertz CT molecular complexity index is 725. The zero-order valence-corrected chi connectivity index (χ0v) is 16.5. The van der Waals surface area contributed by atoms with Crippen LogP contribution in [-0.2, 0) is 16.8 Å². The molecule has 0 fully saturated rings. The fourth-order valence-electron chi connectivity index (χ4n) is 3.20. The number of carbonyl (C=O) groups is 1. The van der Waals surface area contributed by atoms with Gasteiger partial charge in [-0.2, -0.15) is 5.10 Å². The monoisotopic (exact) mass is 357 g/mol. The van der Waals surface area contributed by atoms with Gasteiger partial charge in [0.15, 0.2) is 0 Å². The number of rotatable bonds is 8. The van der Waals surface area contributed by atoms with E-state index in [1.807, 2.05) is 55.1 Å². The summed E-state index contributed by atoms with van der Waals surface area (Å²) in [6, 6.07) is 10.0. The summed E-state index contributed by atoms with van der Waals surface area (Å²) in [7, 11) is 0. The van der Waals surface area contributed by atoms with E-state index in [1.165, 1.54) is 0 Å². The van der Waals surface area contributed by atoms with E-state index in [9.17, 15) is 9.90 Å². The van der Waals surface area contributed by atoms with Crippen LogP contribution < -0.4 is 5.32 Å². The lowest BCUT2D eigenvalue weighted by molar-refractivity contribution is -0.149. The first-order valence-electron chi connectivity index (χ1n) is 9.32. The van der Waals surface area contributed by atoms with Gasteiger partial charge in [0.05, 0.1) is 16.8 Å². The highest BCUT2D eigenvalue weighted by atomic mass is 16.4. The van der Waals surface area contributed by atoms with Crippen molar-refractivity contribution >= 4 is 5.97 Å². The number of carboxylic acids is 1. The normalized spacial score (nSPS) is 12.3. The first-order valence-corrected chi connectivity index (χ1v) is 9.32. The smallest absolute Gasteiger partial charge is 0.310 e. The zero-order valence-electron chi connectivity index (χ0n) is 16.5. The summed E-state index contributed by atoms with van der Waals surface area (Å²) in [4.78, 5) is 11.7. The van der Waals surface area contributed by atoms with E-state index >= 15 is 0 Å². The van der Waals surface area contributed by atoms with E-state index < -0.39 is 11.4 Å². The fraction of sp³-hybridized carbons (Fsp3) is 0.524. The predicted octanol–water partition coefficient (Wildman–Crippen LogP) is 4.15. The number of para-hydroxylation sites is 1. The molecule has 142 valence electrons. The zero-order chi connectivity index (χ0) is 19.4. The molecule has 1 aromatic carbocycles. The maximum absolute atomic E-state index is 11.7. The topological polar surface area (TPSA) is 67.2 Å². The van der Waals surface area contributed by atoms with Gasteiger partial charge in [-0.05, 0) is 25.0 Å². The molecule has 0 aliphatic heterocycles. The third kappa shape index (κ3) is 4.33. The van der Waals surface area contributed by atoms with Crippen LogP contribution in [0.3, 0.4) is 0 Å². The fourth-order valence-corrected chi connectivity index (χ4v) is 3.20. The van der Waals surface area contributed by atoms with Gasteiger partial charge in [-0.25, -0.2) is 4.68 Å². The van der Waals surface area contributed by atoms with E-state index in [1.54, 1.807) is 0 Å². The summed E-state index contributed by atoms with van der Waals surface area (Å²) in [5.41, 5.74) is 2.36. The molecule has 5 heteroatoms. The summed E-state index contributed by atoms with van der Waals surface area (Å²) in [5, 5.41) is 17.8. The van der Waals surface area contributed by atoms with E-state index in [0.29, 0.717) is 25.9 Å². The van der Waals surface area contributed by atoms with E-state index in [2.05, 4.69) is 26.1 Å². The Morgan fingerprint density at radius 3 is 2.27 bits per heavy atom. The molecule has 5 nitrogen and oxygen atoms in total. The lowest BCUT2D eigenvalue weighted by Gasteiger charge is -2.27. The molecule has 0 aliphatic carbocycles. The molecule has 0 unspecified atom stereocenters. The average Bonchev–Trinajstić information content (AvgIpc) is 3.04. The molecule has 26 heavy (non-hydrogen) atoms. The number of nitrogens with one attached hydrogen (secondary N) is 1. The maximum Gasteiger partial charge on any atom is 0.310 e.